The fourth-order valence-electron chi connectivity index (χ4n) is 5.25. The summed E-state index contributed by atoms with van der Waals surface area (Å²) >= 11 is 0. The third kappa shape index (κ3) is 3.99. The Hall–Kier alpha value is -2.51. The number of hydrogen-bond donors (Lipinski definition) is 1. The number of aromatic nitrogens is 1. The summed E-state index contributed by atoms with van der Waals surface area (Å²) in [4.78, 5) is 2.16. The molecule has 2 N–H and O–H groups in total. The lowest BCUT2D eigenvalue weighted by Gasteiger charge is -2.29. The Balaban J connectivity index is 1.64. The van der Waals surface area contributed by atoms with E-state index in [1.54, 1.807) is 0 Å². The van der Waals surface area contributed by atoms with Gasteiger partial charge in [-0.1, -0.05) is 30.3 Å². The van der Waals surface area contributed by atoms with Crippen molar-refractivity contribution in [2.45, 2.75) is 19.3 Å². The zero-order valence-corrected chi connectivity index (χ0v) is 19.4. The number of benzene rings is 2. The second-order valence-electron chi connectivity index (χ2n) is 9.08. The molecule has 0 amide bonds. The molecule has 2 aromatic carbocycles. The molecule has 32 heavy (non-hydrogen) atoms. The Morgan fingerprint density at radius 2 is 1.75 bits per heavy atom. The van der Waals surface area contributed by atoms with E-state index in [0.29, 0.717) is 19.0 Å². The van der Waals surface area contributed by atoms with Crippen LogP contribution in [0.4, 0.5) is 11.4 Å². The van der Waals surface area contributed by atoms with E-state index in [4.69, 9.17) is 10.5 Å². The molecular formula is C25H31N3O3S. The number of anilines is 2. The van der Waals surface area contributed by atoms with Crippen molar-refractivity contribution in [3.8, 4) is 11.3 Å². The van der Waals surface area contributed by atoms with Crippen molar-refractivity contribution in [2.24, 2.45) is 13.0 Å². The fourth-order valence-corrected chi connectivity index (χ4v) is 6.45. The van der Waals surface area contributed by atoms with E-state index in [1.807, 2.05) is 12.1 Å². The number of nitrogens with zero attached hydrogens (tertiary/aromatic N) is 2. The normalized spacial score (nSPS) is 19.5. The van der Waals surface area contributed by atoms with Gasteiger partial charge in [-0.25, -0.2) is 8.42 Å². The molecule has 3 heterocycles. The van der Waals surface area contributed by atoms with Gasteiger partial charge in [0.1, 0.15) is 0 Å². The highest BCUT2D eigenvalue weighted by atomic mass is 32.2. The van der Waals surface area contributed by atoms with Crippen LogP contribution in [0, 0.1) is 5.92 Å². The summed E-state index contributed by atoms with van der Waals surface area (Å²) in [7, 11) is -0.832. The number of sulfone groups is 1. The highest BCUT2D eigenvalue weighted by Gasteiger charge is 2.26. The predicted octanol–water partition coefficient (Wildman–Crippen LogP) is 3.63. The van der Waals surface area contributed by atoms with E-state index in [1.165, 1.54) is 22.2 Å². The molecule has 0 bridgehead atoms. The summed E-state index contributed by atoms with van der Waals surface area (Å²) in [6, 6.07) is 14.8. The number of ether oxygens (including phenoxy) is 1. The van der Waals surface area contributed by atoms with Gasteiger partial charge in [0, 0.05) is 44.4 Å². The van der Waals surface area contributed by atoms with Crippen molar-refractivity contribution in [3.63, 3.8) is 0 Å². The second-order valence-corrected chi connectivity index (χ2v) is 11.4. The molecule has 0 atom stereocenters. The molecule has 2 aliphatic heterocycles. The van der Waals surface area contributed by atoms with Crippen molar-refractivity contribution in [1.82, 2.24) is 4.57 Å². The van der Waals surface area contributed by atoms with Gasteiger partial charge in [-0.2, -0.15) is 0 Å². The van der Waals surface area contributed by atoms with Gasteiger partial charge in [0.2, 0.25) is 0 Å². The third-order valence-electron chi connectivity index (χ3n) is 7.00. The maximum absolute atomic E-state index is 11.9. The first-order chi connectivity index (χ1) is 15.4. The first kappa shape index (κ1) is 21.3. The van der Waals surface area contributed by atoms with Crippen LogP contribution in [-0.2, 0) is 28.0 Å². The quantitative estimate of drug-likeness (QED) is 0.611. The molecule has 0 unspecified atom stereocenters. The molecule has 5 rings (SSSR count). The lowest BCUT2D eigenvalue weighted by molar-refractivity contribution is 0.0666. The minimum absolute atomic E-state index is 0.198. The van der Waals surface area contributed by atoms with E-state index in [2.05, 4.69) is 46.8 Å². The molecule has 0 saturated carbocycles. The average Bonchev–Trinajstić information content (AvgIpc) is 3.06. The maximum Gasteiger partial charge on any atom is 0.153 e. The summed E-state index contributed by atoms with van der Waals surface area (Å²) in [6.45, 7) is 2.68. The number of aryl methyl sites for hydroxylation is 1. The van der Waals surface area contributed by atoms with Crippen LogP contribution in [-0.4, -0.2) is 50.8 Å². The van der Waals surface area contributed by atoms with Gasteiger partial charge in [0.25, 0.3) is 0 Å². The highest BCUT2D eigenvalue weighted by Crippen LogP contribution is 2.40. The fraction of sp³-hybridized carbons (Fsp3) is 0.440. The van der Waals surface area contributed by atoms with E-state index in [-0.39, 0.29) is 11.5 Å². The third-order valence-corrected chi connectivity index (χ3v) is 8.61. The highest BCUT2D eigenvalue weighted by molar-refractivity contribution is 7.91. The van der Waals surface area contributed by atoms with Gasteiger partial charge in [0.15, 0.2) is 9.84 Å². The SMILES string of the molecule is Cn1c(-c2ccccc2)c(CC2CCOCC2)c2cc(N3CCS(=O)(=O)CC3)cc(N)c21. The van der Waals surface area contributed by atoms with Gasteiger partial charge in [-0.3, -0.25) is 0 Å². The first-order valence-corrected chi connectivity index (χ1v) is 13.2. The van der Waals surface area contributed by atoms with Gasteiger partial charge in [0.05, 0.1) is 28.4 Å². The summed E-state index contributed by atoms with van der Waals surface area (Å²) in [5.74, 6) is 0.982. The Bertz CT molecular complexity index is 1210. The smallest absolute Gasteiger partial charge is 0.153 e. The van der Waals surface area contributed by atoms with Gasteiger partial charge in [-0.05, 0) is 48.4 Å². The molecule has 0 aliphatic carbocycles. The standard InChI is InChI=1S/C25H31N3O3S/c1-27-24(19-5-3-2-4-6-19)21(15-18-7-11-31-12-8-18)22-16-20(17-23(26)25(22)27)28-9-13-32(29,30)14-10-28/h2-6,16-18H,7-15,26H2,1H3. The lowest BCUT2D eigenvalue weighted by Crippen LogP contribution is -2.40. The van der Waals surface area contributed by atoms with Crippen molar-refractivity contribution in [3.05, 3.63) is 48.0 Å². The maximum atomic E-state index is 11.9. The summed E-state index contributed by atoms with van der Waals surface area (Å²) in [5.41, 5.74) is 13.2. The van der Waals surface area contributed by atoms with Crippen molar-refractivity contribution in [1.29, 1.82) is 0 Å². The number of nitrogen functional groups attached to an aromatic ring is 1. The Labute approximate surface area is 189 Å². The number of fused-ring (bicyclic) bond motifs is 1. The van der Waals surface area contributed by atoms with Crippen LogP contribution in [0.3, 0.4) is 0 Å². The summed E-state index contributed by atoms with van der Waals surface area (Å²) in [6.07, 6.45) is 3.13. The Kier molecular flexibility index (Phi) is 5.63. The molecule has 2 fully saturated rings. The molecule has 1 aromatic heterocycles. The molecule has 7 heteroatoms. The number of rotatable bonds is 4. The lowest BCUT2D eigenvalue weighted by atomic mass is 9.89. The van der Waals surface area contributed by atoms with Crippen molar-refractivity contribution in [2.75, 3.05) is 48.4 Å². The van der Waals surface area contributed by atoms with Crippen LogP contribution in [0.1, 0.15) is 18.4 Å². The number of nitrogens with two attached hydrogens (primary N) is 1. The van der Waals surface area contributed by atoms with Crippen LogP contribution in [0.15, 0.2) is 42.5 Å². The van der Waals surface area contributed by atoms with Crippen LogP contribution in [0.2, 0.25) is 0 Å². The molecule has 0 spiro atoms. The molecule has 2 aliphatic rings. The summed E-state index contributed by atoms with van der Waals surface area (Å²) in [5, 5.41) is 1.18. The molecule has 0 radical (unpaired) electrons. The predicted molar refractivity (Wildman–Crippen MR) is 131 cm³/mol. The van der Waals surface area contributed by atoms with E-state index in [9.17, 15) is 8.42 Å². The zero-order valence-electron chi connectivity index (χ0n) is 18.6. The van der Waals surface area contributed by atoms with Crippen LogP contribution >= 0.6 is 0 Å². The van der Waals surface area contributed by atoms with Crippen LogP contribution in [0.25, 0.3) is 22.2 Å². The van der Waals surface area contributed by atoms with Gasteiger partial charge in [-0.15, -0.1) is 0 Å². The number of hydrogen-bond acceptors (Lipinski definition) is 5. The Morgan fingerprint density at radius 1 is 1.06 bits per heavy atom. The molecule has 6 nitrogen and oxygen atoms in total. The zero-order chi connectivity index (χ0) is 22.3. The molecule has 2 saturated heterocycles. The van der Waals surface area contributed by atoms with Crippen LogP contribution in [0.5, 0.6) is 0 Å². The molecular weight excluding hydrogens is 422 g/mol. The van der Waals surface area contributed by atoms with Crippen molar-refractivity contribution >= 4 is 32.1 Å². The summed E-state index contributed by atoms with van der Waals surface area (Å²) < 4.78 is 31.7. The van der Waals surface area contributed by atoms with Gasteiger partial charge >= 0.3 is 0 Å². The second kappa shape index (κ2) is 8.45. The molecule has 170 valence electrons. The van der Waals surface area contributed by atoms with Crippen LogP contribution < -0.4 is 10.6 Å². The van der Waals surface area contributed by atoms with Gasteiger partial charge < -0.3 is 19.9 Å². The average molecular weight is 454 g/mol. The first-order valence-electron chi connectivity index (χ1n) is 11.4. The topological polar surface area (TPSA) is 77.6 Å². The van der Waals surface area contributed by atoms with E-state index >= 15 is 0 Å². The Morgan fingerprint density at radius 3 is 2.44 bits per heavy atom. The molecule has 3 aromatic rings. The minimum atomic E-state index is -2.93. The van der Waals surface area contributed by atoms with Crippen molar-refractivity contribution < 1.29 is 13.2 Å². The largest absolute Gasteiger partial charge is 0.397 e. The monoisotopic (exact) mass is 453 g/mol. The van der Waals surface area contributed by atoms with E-state index in [0.717, 1.165) is 49.4 Å². The van der Waals surface area contributed by atoms with E-state index < -0.39 is 9.84 Å². The minimum Gasteiger partial charge on any atom is -0.397 e.